The van der Waals surface area contributed by atoms with Gasteiger partial charge in [-0.15, -0.1) is 11.3 Å². The lowest BCUT2D eigenvalue weighted by atomic mass is 9.95. The zero-order chi connectivity index (χ0) is 23.4. The summed E-state index contributed by atoms with van der Waals surface area (Å²) in [6.45, 7) is 0.287. The zero-order valence-electron chi connectivity index (χ0n) is 18.1. The molecular formula is C24H20N4O5S. The highest BCUT2D eigenvalue weighted by molar-refractivity contribution is 7.13. The molecule has 34 heavy (non-hydrogen) atoms. The lowest BCUT2D eigenvalue weighted by Gasteiger charge is -2.29. The Bertz CT molecular complexity index is 1430. The summed E-state index contributed by atoms with van der Waals surface area (Å²) in [5.41, 5.74) is 1.77. The van der Waals surface area contributed by atoms with E-state index in [4.69, 9.17) is 9.15 Å². The molecule has 0 spiro atoms. The molecule has 0 saturated carbocycles. The van der Waals surface area contributed by atoms with E-state index in [2.05, 4.69) is 15.6 Å². The molecule has 0 radical (unpaired) electrons. The molecule has 3 N–H and O–H groups in total. The van der Waals surface area contributed by atoms with Crippen molar-refractivity contribution in [2.45, 2.75) is 18.4 Å². The van der Waals surface area contributed by atoms with Crippen molar-refractivity contribution in [3.05, 3.63) is 70.8 Å². The van der Waals surface area contributed by atoms with Crippen LogP contribution in [-0.2, 0) is 16.9 Å². The maximum atomic E-state index is 13.2. The van der Waals surface area contributed by atoms with E-state index in [9.17, 15) is 14.7 Å². The van der Waals surface area contributed by atoms with Gasteiger partial charge in [-0.3, -0.25) is 14.9 Å². The molecule has 1 fully saturated rings. The van der Waals surface area contributed by atoms with E-state index in [1.165, 1.54) is 0 Å². The van der Waals surface area contributed by atoms with Gasteiger partial charge in [0.2, 0.25) is 0 Å². The van der Waals surface area contributed by atoms with Gasteiger partial charge in [-0.05, 0) is 41.3 Å². The van der Waals surface area contributed by atoms with E-state index in [0.717, 1.165) is 16.1 Å². The molecule has 4 aromatic rings. The topological polar surface area (TPSA) is 117 Å². The van der Waals surface area contributed by atoms with E-state index in [1.807, 2.05) is 29.6 Å². The molecule has 5 heterocycles. The van der Waals surface area contributed by atoms with Gasteiger partial charge in [-0.1, -0.05) is 12.1 Å². The number of thiophene rings is 1. The minimum Gasteiger partial charge on any atom is -0.497 e. The van der Waals surface area contributed by atoms with Crippen molar-refractivity contribution in [1.29, 1.82) is 0 Å². The second kappa shape index (κ2) is 7.66. The van der Waals surface area contributed by atoms with E-state index in [-0.39, 0.29) is 18.2 Å². The van der Waals surface area contributed by atoms with Crippen LogP contribution in [0.2, 0.25) is 0 Å². The third-order valence-corrected chi connectivity index (χ3v) is 7.12. The van der Waals surface area contributed by atoms with Crippen LogP contribution in [-0.4, -0.2) is 46.8 Å². The number of nitrogens with zero attached hydrogens (tertiary/aromatic N) is 2. The van der Waals surface area contributed by atoms with E-state index >= 15 is 0 Å². The first-order chi connectivity index (χ1) is 16.5. The van der Waals surface area contributed by atoms with E-state index < -0.39 is 17.8 Å². The van der Waals surface area contributed by atoms with Crippen LogP contribution in [0.3, 0.4) is 0 Å². The maximum absolute atomic E-state index is 13.2. The second-order valence-corrected chi connectivity index (χ2v) is 9.23. The highest BCUT2D eigenvalue weighted by Crippen LogP contribution is 2.35. The van der Waals surface area contributed by atoms with Crippen LogP contribution in [0.5, 0.6) is 5.75 Å². The summed E-state index contributed by atoms with van der Waals surface area (Å²) in [4.78, 5) is 33.6. The van der Waals surface area contributed by atoms with Crippen LogP contribution in [0.25, 0.3) is 21.7 Å². The number of aromatic nitrogens is 1. The third-order valence-electron chi connectivity index (χ3n) is 6.23. The van der Waals surface area contributed by atoms with Crippen LogP contribution in [0.15, 0.2) is 58.3 Å². The van der Waals surface area contributed by atoms with Crippen LogP contribution in [0.4, 0.5) is 0 Å². The lowest BCUT2D eigenvalue weighted by molar-refractivity contribution is -0.125. The number of methoxy groups -OCH3 is 1. The smallest absolute Gasteiger partial charge is 0.254 e. The number of benzene rings is 1. The number of fused-ring (bicyclic) bond motifs is 2. The normalized spacial score (nSPS) is 21.8. The Morgan fingerprint density at radius 3 is 2.88 bits per heavy atom. The Balaban J connectivity index is 1.38. The van der Waals surface area contributed by atoms with Gasteiger partial charge < -0.3 is 24.5 Å². The van der Waals surface area contributed by atoms with Crippen LogP contribution < -0.4 is 15.4 Å². The van der Waals surface area contributed by atoms with Crippen molar-refractivity contribution in [1.82, 2.24) is 20.5 Å². The Labute approximate surface area is 198 Å². The number of carbonyl (C=O) groups excluding carboxylic acids is 2. The van der Waals surface area contributed by atoms with Gasteiger partial charge in [-0.25, -0.2) is 4.98 Å². The highest BCUT2D eigenvalue weighted by Gasteiger charge is 2.52. The molecule has 2 aliphatic rings. The first-order valence-corrected chi connectivity index (χ1v) is 11.5. The van der Waals surface area contributed by atoms with Crippen molar-refractivity contribution in [3.63, 3.8) is 0 Å². The number of nitrogens with one attached hydrogen (secondary N) is 2. The first-order valence-electron chi connectivity index (χ1n) is 10.6. The number of hydrogen-bond donors (Lipinski definition) is 3. The first kappa shape index (κ1) is 20.8. The number of hydrogen-bond acceptors (Lipinski definition) is 8. The molecule has 2 unspecified atom stereocenters. The third kappa shape index (κ3) is 3.18. The zero-order valence-corrected chi connectivity index (χ0v) is 18.9. The Morgan fingerprint density at radius 1 is 1.26 bits per heavy atom. The number of rotatable bonds is 5. The Morgan fingerprint density at radius 2 is 2.15 bits per heavy atom. The standard InChI is InChI=1S/C24H20N4O5S/c1-32-14-5-4-13-11-28(21(29)15(13)9-14)12-24(22(30)26-23(31)27-24)20-10-17-18(33-20)7-6-16(25-17)19-3-2-8-34-19/h2-10,23,27,31H,11-12H2,1H3,(H,26,30). The van der Waals surface area contributed by atoms with E-state index in [0.29, 0.717) is 29.0 Å². The van der Waals surface area contributed by atoms with Gasteiger partial charge in [0.05, 0.1) is 24.2 Å². The molecule has 1 saturated heterocycles. The largest absolute Gasteiger partial charge is 0.497 e. The molecule has 9 nitrogen and oxygen atoms in total. The van der Waals surface area contributed by atoms with Gasteiger partial charge in [0.15, 0.2) is 17.5 Å². The minimum atomic E-state index is -1.48. The number of aliphatic hydroxyl groups is 1. The predicted molar refractivity (Wildman–Crippen MR) is 124 cm³/mol. The monoisotopic (exact) mass is 476 g/mol. The summed E-state index contributed by atoms with van der Waals surface area (Å²) in [5, 5.41) is 17.6. The Hall–Kier alpha value is -3.73. The average Bonchev–Trinajstić information content (AvgIpc) is 3.61. The van der Waals surface area contributed by atoms with Crippen molar-refractivity contribution >= 4 is 34.3 Å². The maximum Gasteiger partial charge on any atom is 0.254 e. The summed E-state index contributed by atoms with van der Waals surface area (Å²) >= 11 is 1.58. The predicted octanol–water partition coefficient (Wildman–Crippen LogP) is 2.41. The van der Waals surface area contributed by atoms with E-state index in [1.54, 1.807) is 47.6 Å². The molecule has 172 valence electrons. The second-order valence-electron chi connectivity index (χ2n) is 8.28. The fourth-order valence-electron chi connectivity index (χ4n) is 4.54. The van der Waals surface area contributed by atoms with Gasteiger partial charge >= 0.3 is 0 Å². The van der Waals surface area contributed by atoms with Crippen LogP contribution in [0.1, 0.15) is 21.7 Å². The summed E-state index contributed by atoms with van der Waals surface area (Å²) in [7, 11) is 1.54. The fourth-order valence-corrected chi connectivity index (χ4v) is 5.23. The molecule has 1 aromatic carbocycles. The number of amides is 2. The Kier molecular flexibility index (Phi) is 4.70. The molecule has 2 amide bonds. The number of furan rings is 1. The van der Waals surface area contributed by atoms with Crippen LogP contribution in [0, 0.1) is 0 Å². The minimum absolute atomic E-state index is 0.0384. The van der Waals surface area contributed by atoms with Gasteiger partial charge in [0, 0.05) is 18.2 Å². The van der Waals surface area contributed by atoms with Crippen molar-refractivity contribution in [3.8, 4) is 16.3 Å². The summed E-state index contributed by atoms with van der Waals surface area (Å²) < 4.78 is 11.3. The molecular weight excluding hydrogens is 456 g/mol. The number of pyridine rings is 1. The number of aliphatic hydroxyl groups excluding tert-OH is 1. The van der Waals surface area contributed by atoms with Gasteiger partial charge in [0.1, 0.15) is 17.0 Å². The highest BCUT2D eigenvalue weighted by atomic mass is 32.1. The molecule has 0 bridgehead atoms. The molecule has 2 aliphatic heterocycles. The summed E-state index contributed by atoms with van der Waals surface area (Å²) in [6.07, 6.45) is -1.28. The number of carbonyl (C=O) groups is 2. The van der Waals surface area contributed by atoms with Crippen LogP contribution >= 0.6 is 11.3 Å². The SMILES string of the molecule is COc1ccc2c(c1)C(=O)N(CC1(c3cc4nc(-c5cccs5)ccc4o3)NC(O)NC1=O)C2. The molecule has 10 heteroatoms. The molecule has 2 atom stereocenters. The quantitative estimate of drug-likeness (QED) is 0.405. The van der Waals surface area contributed by atoms with Gasteiger partial charge in [-0.2, -0.15) is 0 Å². The fraction of sp³-hybridized carbons (Fsp3) is 0.208. The molecule has 0 aliphatic carbocycles. The summed E-state index contributed by atoms with van der Waals surface area (Å²) in [5.74, 6) is 0.145. The lowest BCUT2D eigenvalue weighted by Crippen LogP contribution is -2.53. The molecule has 6 rings (SSSR count). The van der Waals surface area contributed by atoms with Crippen molar-refractivity contribution < 1.29 is 23.8 Å². The van der Waals surface area contributed by atoms with Gasteiger partial charge in [0.25, 0.3) is 11.8 Å². The van der Waals surface area contributed by atoms with Crippen molar-refractivity contribution in [2.24, 2.45) is 0 Å². The number of ether oxygens (including phenoxy) is 1. The summed E-state index contributed by atoms with van der Waals surface area (Å²) in [6, 6.07) is 14.6. The molecule has 3 aromatic heterocycles. The van der Waals surface area contributed by atoms with Crippen molar-refractivity contribution in [2.75, 3.05) is 13.7 Å². The average molecular weight is 477 g/mol.